The first-order chi connectivity index (χ1) is 23.6. The maximum Gasteiger partial charge on any atom is 0.346 e. The number of anilines is 1. The predicted octanol–water partition coefficient (Wildman–Crippen LogP) is 6.12. The van der Waals surface area contributed by atoms with Crippen LogP contribution >= 0.6 is 11.3 Å². The zero-order valence-corrected chi connectivity index (χ0v) is 28.3. The summed E-state index contributed by atoms with van der Waals surface area (Å²) in [6.07, 6.45) is 4.04. The molecular weight excluding hydrogens is 639 g/mol. The van der Waals surface area contributed by atoms with Crippen LogP contribution in [-0.2, 0) is 29.0 Å². The van der Waals surface area contributed by atoms with Crippen molar-refractivity contribution in [3.8, 4) is 5.75 Å². The molecular formula is C38H38N5O5S+. The van der Waals surface area contributed by atoms with Crippen LogP contribution in [-0.4, -0.2) is 39.7 Å². The number of aryl methyl sites for hydroxylation is 1. The Morgan fingerprint density at radius 2 is 1.61 bits per heavy atom. The summed E-state index contributed by atoms with van der Waals surface area (Å²) in [5.41, 5.74) is 3.63. The lowest BCUT2D eigenvalue weighted by molar-refractivity contribution is -0.506. The Bertz CT molecular complexity index is 2120. The van der Waals surface area contributed by atoms with E-state index in [1.54, 1.807) is 73.7 Å². The molecule has 0 aliphatic carbocycles. The topological polar surface area (TPSA) is 126 Å². The molecule has 1 atom stereocenters. The number of aromatic nitrogens is 2. The van der Waals surface area contributed by atoms with Crippen molar-refractivity contribution in [2.45, 2.75) is 52.4 Å². The molecule has 0 aliphatic rings. The van der Waals surface area contributed by atoms with E-state index in [0.717, 1.165) is 21.8 Å². The van der Waals surface area contributed by atoms with E-state index < -0.39 is 18.0 Å². The Kier molecular flexibility index (Phi) is 9.91. The fourth-order valence-corrected chi connectivity index (χ4v) is 6.58. The van der Waals surface area contributed by atoms with Crippen molar-refractivity contribution < 1.29 is 28.6 Å². The van der Waals surface area contributed by atoms with Gasteiger partial charge < -0.3 is 25.8 Å². The van der Waals surface area contributed by atoms with Gasteiger partial charge in [-0.15, -0.1) is 0 Å². The van der Waals surface area contributed by atoms with E-state index in [1.807, 2.05) is 18.3 Å². The van der Waals surface area contributed by atoms with Gasteiger partial charge in [-0.1, -0.05) is 59.9 Å². The van der Waals surface area contributed by atoms with Crippen LogP contribution in [0.4, 0.5) is 10.5 Å². The van der Waals surface area contributed by atoms with E-state index >= 15 is 0 Å². The van der Waals surface area contributed by atoms with Crippen molar-refractivity contribution in [3.05, 3.63) is 131 Å². The van der Waals surface area contributed by atoms with Gasteiger partial charge in [0.2, 0.25) is 5.91 Å². The van der Waals surface area contributed by atoms with Crippen LogP contribution in [0.3, 0.4) is 0 Å². The van der Waals surface area contributed by atoms with Gasteiger partial charge in [-0.3, -0.25) is 4.79 Å². The second-order valence-corrected chi connectivity index (χ2v) is 13.4. The molecule has 0 bridgehead atoms. The number of rotatable bonds is 11. The number of nitrogens with one attached hydrogen (secondary N) is 3. The second kappa shape index (κ2) is 14.6. The van der Waals surface area contributed by atoms with Crippen LogP contribution in [0.2, 0.25) is 0 Å². The summed E-state index contributed by atoms with van der Waals surface area (Å²) in [6, 6.07) is 26.0. The maximum atomic E-state index is 13.7. The molecule has 6 rings (SSSR count). The summed E-state index contributed by atoms with van der Waals surface area (Å²) in [4.78, 5) is 41.3. The number of amides is 3. The molecule has 2 heterocycles. The van der Waals surface area contributed by atoms with Crippen LogP contribution in [0.5, 0.6) is 5.75 Å². The zero-order valence-electron chi connectivity index (χ0n) is 27.5. The van der Waals surface area contributed by atoms with Gasteiger partial charge in [-0.2, -0.15) is 4.40 Å². The van der Waals surface area contributed by atoms with E-state index in [1.165, 1.54) is 15.6 Å². The van der Waals surface area contributed by atoms with Crippen molar-refractivity contribution >= 4 is 50.7 Å². The van der Waals surface area contributed by atoms with Gasteiger partial charge in [0.1, 0.15) is 30.7 Å². The van der Waals surface area contributed by atoms with Crippen molar-refractivity contribution in [1.29, 1.82) is 0 Å². The maximum absolute atomic E-state index is 13.7. The number of carbonyl (C=O) groups excluding carboxylic acids is 3. The summed E-state index contributed by atoms with van der Waals surface area (Å²) in [7, 11) is 0. The lowest BCUT2D eigenvalue weighted by Gasteiger charge is -2.19. The number of urea groups is 1. The van der Waals surface area contributed by atoms with Crippen LogP contribution in [0.25, 0.3) is 15.7 Å². The minimum Gasteiger partial charge on any atom is -0.508 e. The van der Waals surface area contributed by atoms with Gasteiger partial charge in [0.15, 0.2) is 5.69 Å². The Morgan fingerprint density at radius 3 is 2.35 bits per heavy atom. The van der Waals surface area contributed by atoms with Crippen LogP contribution in [0.1, 0.15) is 45.9 Å². The molecule has 4 aromatic carbocycles. The lowest BCUT2D eigenvalue weighted by Crippen LogP contribution is -2.49. The average molecular weight is 677 g/mol. The summed E-state index contributed by atoms with van der Waals surface area (Å²) < 4.78 is 9.51. The molecule has 0 fully saturated rings. The van der Waals surface area contributed by atoms with Crippen molar-refractivity contribution in [2.24, 2.45) is 0 Å². The van der Waals surface area contributed by atoms with Crippen LogP contribution in [0, 0.1) is 6.92 Å². The number of nitrogens with zero attached hydrogens (tertiary/aromatic N) is 2. The summed E-state index contributed by atoms with van der Waals surface area (Å²) >= 11 is 1.68. The van der Waals surface area contributed by atoms with Gasteiger partial charge in [0.05, 0.1) is 18.2 Å². The van der Waals surface area contributed by atoms with Gasteiger partial charge in [-0.25, -0.2) is 14.2 Å². The Morgan fingerprint density at radius 1 is 0.898 bits per heavy atom. The SMILES string of the molecule is Cc1c[n+]2cc(CNC(=O)[C@H](Cc3ccc(O)cc3)NC(=O)Nc3ccc(C(=O)OC(C)C)cc3)n(Cc3ccc4ccccc4c3)c2s1. The first-order valence-electron chi connectivity index (χ1n) is 16.0. The van der Waals surface area contributed by atoms with Gasteiger partial charge in [0.25, 0.3) is 0 Å². The van der Waals surface area contributed by atoms with Crippen molar-refractivity contribution in [3.63, 3.8) is 0 Å². The molecule has 0 aliphatic heterocycles. The highest BCUT2D eigenvalue weighted by Gasteiger charge is 2.25. The molecule has 250 valence electrons. The number of esters is 1. The summed E-state index contributed by atoms with van der Waals surface area (Å²) in [6.45, 7) is 6.48. The molecule has 0 unspecified atom stereocenters. The second-order valence-electron chi connectivity index (χ2n) is 12.2. The van der Waals surface area contributed by atoms with E-state index in [9.17, 15) is 19.5 Å². The third-order valence-electron chi connectivity index (χ3n) is 7.98. The number of imidazole rings is 1. The number of thiazole rings is 1. The predicted molar refractivity (Wildman–Crippen MR) is 190 cm³/mol. The largest absolute Gasteiger partial charge is 0.508 e. The van der Waals surface area contributed by atoms with E-state index in [2.05, 4.69) is 68.4 Å². The van der Waals surface area contributed by atoms with Crippen molar-refractivity contribution in [2.75, 3.05) is 5.32 Å². The Hall–Kier alpha value is -5.68. The molecule has 3 amide bonds. The monoisotopic (exact) mass is 676 g/mol. The minimum atomic E-state index is -0.926. The third kappa shape index (κ3) is 8.25. The Labute approximate surface area is 288 Å². The highest BCUT2D eigenvalue weighted by atomic mass is 32.1. The quantitative estimate of drug-likeness (QED) is 0.0973. The normalized spacial score (nSPS) is 11.8. The van der Waals surface area contributed by atoms with Gasteiger partial charge in [0, 0.05) is 17.0 Å². The number of hydrogen-bond acceptors (Lipinski definition) is 6. The van der Waals surface area contributed by atoms with E-state index in [0.29, 0.717) is 17.8 Å². The van der Waals surface area contributed by atoms with Crippen molar-refractivity contribution in [1.82, 2.24) is 15.2 Å². The number of ether oxygens (including phenoxy) is 1. The fraction of sp³-hybridized carbons (Fsp3) is 0.211. The highest BCUT2D eigenvalue weighted by molar-refractivity contribution is 7.16. The molecule has 0 saturated heterocycles. The molecule has 11 heteroatoms. The summed E-state index contributed by atoms with van der Waals surface area (Å²) in [5.74, 6) is -0.706. The number of aromatic hydroxyl groups is 1. The first kappa shape index (κ1) is 33.2. The molecule has 0 saturated carbocycles. The number of phenolic OH excluding ortho intramolecular Hbond substituents is 1. The molecule has 4 N–H and O–H groups in total. The number of carbonyl (C=O) groups is 3. The minimum absolute atomic E-state index is 0.107. The first-order valence-corrected chi connectivity index (χ1v) is 16.8. The molecule has 0 radical (unpaired) electrons. The summed E-state index contributed by atoms with van der Waals surface area (Å²) in [5, 5.41) is 20.7. The zero-order chi connectivity index (χ0) is 34.5. The fourth-order valence-electron chi connectivity index (χ4n) is 5.62. The number of hydrogen-bond donors (Lipinski definition) is 4. The van der Waals surface area contributed by atoms with Crippen LogP contribution < -0.4 is 20.4 Å². The Balaban J connectivity index is 1.18. The van der Waals surface area contributed by atoms with E-state index in [4.69, 9.17) is 4.74 Å². The molecule has 10 nitrogen and oxygen atoms in total. The van der Waals surface area contributed by atoms with E-state index in [-0.39, 0.29) is 30.7 Å². The molecule has 2 aromatic heterocycles. The van der Waals surface area contributed by atoms with Crippen LogP contribution in [0.15, 0.2) is 103 Å². The molecule has 49 heavy (non-hydrogen) atoms. The smallest absolute Gasteiger partial charge is 0.346 e. The molecule has 6 aromatic rings. The number of fused-ring (bicyclic) bond motifs is 2. The lowest BCUT2D eigenvalue weighted by atomic mass is 10.0. The molecule has 0 spiro atoms. The average Bonchev–Trinajstić information content (AvgIpc) is 3.59. The van der Waals surface area contributed by atoms with Gasteiger partial charge >= 0.3 is 17.0 Å². The standard InChI is InChI=1S/C38H37N5O5S/c1-24(2)48-36(46)29-12-14-31(15-13-29)40-37(47)41-34(19-26-9-16-33(44)17-10-26)35(45)39-20-32-23-42-21-25(3)49-38(42)43(32)22-27-8-11-28-6-4-5-7-30(28)18-27/h4-18,21,23-24,34H,19-20,22H2,1-3H3,(H3-,39,40,41,44,45,46,47)/p+1/t34-/m0/s1. The third-order valence-corrected chi connectivity index (χ3v) is 9.02. The number of phenols is 1. The highest BCUT2D eigenvalue weighted by Crippen LogP contribution is 2.21. The van der Waals surface area contributed by atoms with Gasteiger partial charge in [-0.05, 0) is 85.1 Å². The number of benzene rings is 4.